The minimum atomic E-state index is -0.894. The van der Waals surface area contributed by atoms with Gasteiger partial charge in [0.2, 0.25) is 5.91 Å². The van der Waals surface area contributed by atoms with Crippen molar-refractivity contribution in [2.75, 3.05) is 10.2 Å². The van der Waals surface area contributed by atoms with Crippen LogP contribution in [0.4, 0.5) is 20.6 Å². The van der Waals surface area contributed by atoms with E-state index in [1.54, 1.807) is 26.0 Å². The maximum Gasteiger partial charge on any atom is 0.332 e. The fraction of sp³-hybridized carbons (Fsp3) is 0.286. The van der Waals surface area contributed by atoms with Gasteiger partial charge in [-0.25, -0.2) is 14.1 Å². The Morgan fingerprint density at radius 3 is 2.25 bits per heavy atom. The normalized spacial score (nSPS) is 16.8. The zero-order valence-electron chi connectivity index (χ0n) is 16.0. The number of nitrogens with one attached hydrogen (secondary N) is 1. The number of hydrogen-bond donors (Lipinski definition) is 1. The van der Waals surface area contributed by atoms with E-state index in [4.69, 9.17) is 0 Å². The standard InChI is InChI=1S/C21H22FN3O3/c1-13(2)24-18(12-19(26)23-16-8-6-15(22)7-9-16)20(27)25(21(24)28)17-10-4-14(3)5-11-17/h4-11,13,18H,12H2,1-3H3,(H,23,26)/t18-/m1/s1. The molecule has 0 unspecified atom stereocenters. The van der Waals surface area contributed by atoms with Crippen LogP contribution in [0.1, 0.15) is 25.8 Å². The molecule has 1 aliphatic rings. The molecule has 1 fully saturated rings. The van der Waals surface area contributed by atoms with Crippen molar-refractivity contribution in [2.24, 2.45) is 0 Å². The molecule has 2 aromatic rings. The van der Waals surface area contributed by atoms with Crippen LogP contribution < -0.4 is 10.2 Å². The lowest BCUT2D eigenvalue weighted by molar-refractivity contribution is -0.124. The van der Waals surface area contributed by atoms with E-state index in [-0.39, 0.29) is 12.5 Å². The quantitative estimate of drug-likeness (QED) is 0.801. The highest BCUT2D eigenvalue weighted by molar-refractivity contribution is 6.22. The van der Waals surface area contributed by atoms with Gasteiger partial charge in [-0.15, -0.1) is 0 Å². The molecule has 1 saturated heterocycles. The Bertz CT molecular complexity index is 894. The number of nitrogens with zero attached hydrogens (tertiary/aromatic N) is 2. The first-order valence-corrected chi connectivity index (χ1v) is 9.06. The second kappa shape index (κ2) is 7.80. The van der Waals surface area contributed by atoms with Gasteiger partial charge in [0.1, 0.15) is 11.9 Å². The number of imide groups is 1. The summed E-state index contributed by atoms with van der Waals surface area (Å²) < 4.78 is 13.0. The SMILES string of the molecule is Cc1ccc(N2C(=O)[C@@H](CC(=O)Nc3ccc(F)cc3)N(C(C)C)C2=O)cc1. The molecule has 1 atom stereocenters. The van der Waals surface area contributed by atoms with Crippen molar-refractivity contribution in [3.8, 4) is 0 Å². The number of halogens is 1. The van der Waals surface area contributed by atoms with Gasteiger partial charge in [-0.05, 0) is 57.2 Å². The minimum absolute atomic E-state index is 0.178. The molecule has 1 N–H and O–H groups in total. The molecule has 3 rings (SSSR count). The van der Waals surface area contributed by atoms with E-state index in [2.05, 4.69) is 5.32 Å². The largest absolute Gasteiger partial charge is 0.332 e. The zero-order valence-corrected chi connectivity index (χ0v) is 16.0. The van der Waals surface area contributed by atoms with Crippen LogP contribution in [0.15, 0.2) is 48.5 Å². The number of urea groups is 1. The summed E-state index contributed by atoms with van der Waals surface area (Å²) in [5, 5.41) is 2.64. The van der Waals surface area contributed by atoms with Crippen molar-refractivity contribution in [3.63, 3.8) is 0 Å². The van der Waals surface area contributed by atoms with Crippen LogP contribution in [0.3, 0.4) is 0 Å². The summed E-state index contributed by atoms with van der Waals surface area (Å²) in [7, 11) is 0. The molecule has 1 aliphatic heterocycles. The Balaban J connectivity index is 1.80. The molecule has 0 aliphatic carbocycles. The molecule has 0 spiro atoms. The van der Waals surface area contributed by atoms with Crippen LogP contribution in [0, 0.1) is 12.7 Å². The van der Waals surface area contributed by atoms with Crippen molar-refractivity contribution in [2.45, 2.75) is 39.3 Å². The van der Waals surface area contributed by atoms with Crippen LogP contribution in [-0.4, -0.2) is 34.8 Å². The summed E-state index contributed by atoms with van der Waals surface area (Å²) in [5.74, 6) is -1.26. The van der Waals surface area contributed by atoms with Crippen LogP contribution in [0.5, 0.6) is 0 Å². The number of amides is 4. The predicted octanol–water partition coefficient (Wildman–Crippen LogP) is 3.71. The number of anilines is 2. The molecule has 0 saturated carbocycles. The molecule has 0 aromatic heterocycles. The summed E-state index contributed by atoms with van der Waals surface area (Å²) >= 11 is 0. The Morgan fingerprint density at radius 1 is 1.07 bits per heavy atom. The Labute approximate surface area is 162 Å². The second-order valence-electron chi connectivity index (χ2n) is 7.07. The molecule has 146 valence electrons. The number of aryl methyl sites for hydroxylation is 1. The lowest BCUT2D eigenvalue weighted by atomic mass is 10.1. The van der Waals surface area contributed by atoms with Gasteiger partial charge in [0.25, 0.3) is 5.91 Å². The van der Waals surface area contributed by atoms with E-state index in [1.807, 2.05) is 19.1 Å². The number of benzene rings is 2. The van der Waals surface area contributed by atoms with Crippen LogP contribution in [-0.2, 0) is 9.59 Å². The molecule has 4 amide bonds. The molecule has 28 heavy (non-hydrogen) atoms. The Kier molecular flexibility index (Phi) is 5.44. The number of carbonyl (C=O) groups excluding carboxylic acids is 3. The zero-order chi connectivity index (χ0) is 20.4. The number of hydrogen-bond acceptors (Lipinski definition) is 3. The highest BCUT2D eigenvalue weighted by Gasteiger charge is 2.47. The molecule has 1 heterocycles. The minimum Gasteiger partial charge on any atom is -0.326 e. The van der Waals surface area contributed by atoms with Gasteiger partial charge in [0.05, 0.1) is 12.1 Å². The van der Waals surface area contributed by atoms with Crippen molar-refractivity contribution < 1.29 is 18.8 Å². The third-order valence-electron chi connectivity index (χ3n) is 4.61. The summed E-state index contributed by atoms with van der Waals surface area (Å²) in [6.07, 6.45) is -0.178. The van der Waals surface area contributed by atoms with Gasteiger partial charge in [-0.2, -0.15) is 0 Å². The topological polar surface area (TPSA) is 69.7 Å². The third-order valence-corrected chi connectivity index (χ3v) is 4.61. The second-order valence-corrected chi connectivity index (χ2v) is 7.07. The lowest BCUT2D eigenvalue weighted by Gasteiger charge is -2.25. The molecule has 6 nitrogen and oxygen atoms in total. The number of carbonyl (C=O) groups is 3. The maximum absolute atomic E-state index is 13.0. The van der Waals surface area contributed by atoms with E-state index in [9.17, 15) is 18.8 Å². The van der Waals surface area contributed by atoms with Crippen LogP contribution in [0.25, 0.3) is 0 Å². The fourth-order valence-corrected chi connectivity index (χ4v) is 3.23. The first kappa shape index (κ1) is 19.5. The lowest BCUT2D eigenvalue weighted by Crippen LogP contribution is -2.42. The average molecular weight is 383 g/mol. The third kappa shape index (κ3) is 3.88. The molecular formula is C21H22FN3O3. The fourth-order valence-electron chi connectivity index (χ4n) is 3.23. The van der Waals surface area contributed by atoms with Crippen molar-refractivity contribution >= 4 is 29.2 Å². The first-order valence-electron chi connectivity index (χ1n) is 9.06. The van der Waals surface area contributed by atoms with Crippen LogP contribution >= 0.6 is 0 Å². The van der Waals surface area contributed by atoms with Crippen LogP contribution in [0.2, 0.25) is 0 Å². The van der Waals surface area contributed by atoms with Crippen molar-refractivity contribution in [1.29, 1.82) is 0 Å². The predicted molar refractivity (Wildman–Crippen MR) is 104 cm³/mol. The monoisotopic (exact) mass is 383 g/mol. The van der Waals surface area contributed by atoms with E-state index in [0.29, 0.717) is 11.4 Å². The van der Waals surface area contributed by atoms with Gasteiger partial charge in [0.15, 0.2) is 0 Å². The molecule has 0 bridgehead atoms. The van der Waals surface area contributed by atoms with E-state index in [1.165, 1.54) is 29.2 Å². The van der Waals surface area contributed by atoms with E-state index >= 15 is 0 Å². The summed E-state index contributed by atoms with van der Waals surface area (Å²) in [6, 6.07) is 10.8. The van der Waals surface area contributed by atoms with E-state index in [0.717, 1.165) is 10.5 Å². The summed E-state index contributed by atoms with van der Waals surface area (Å²) in [6.45, 7) is 5.52. The summed E-state index contributed by atoms with van der Waals surface area (Å²) in [5.41, 5.74) is 1.92. The Hall–Kier alpha value is -3.22. The van der Waals surface area contributed by atoms with Gasteiger partial charge in [-0.3, -0.25) is 9.59 Å². The smallest absolute Gasteiger partial charge is 0.326 e. The highest BCUT2D eigenvalue weighted by atomic mass is 19.1. The summed E-state index contributed by atoms with van der Waals surface area (Å²) in [4.78, 5) is 40.9. The first-order chi connectivity index (χ1) is 13.3. The van der Waals surface area contributed by atoms with Gasteiger partial charge >= 0.3 is 6.03 Å². The molecular weight excluding hydrogens is 361 g/mol. The number of rotatable bonds is 5. The average Bonchev–Trinajstić information content (AvgIpc) is 2.88. The van der Waals surface area contributed by atoms with Crippen molar-refractivity contribution in [3.05, 3.63) is 59.9 Å². The van der Waals surface area contributed by atoms with Gasteiger partial charge in [0, 0.05) is 11.7 Å². The highest BCUT2D eigenvalue weighted by Crippen LogP contribution is 2.29. The molecule has 0 radical (unpaired) electrons. The van der Waals surface area contributed by atoms with Gasteiger partial charge < -0.3 is 10.2 Å². The maximum atomic E-state index is 13.0. The van der Waals surface area contributed by atoms with Crippen molar-refractivity contribution in [1.82, 2.24) is 4.90 Å². The van der Waals surface area contributed by atoms with E-state index < -0.39 is 29.7 Å². The molecule has 7 heteroatoms. The van der Waals surface area contributed by atoms with Gasteiger partial charge in [-0.1, -0.05) is 17.7 Å². The Morgan fingerprint density at radius 2 is 1.68 bits per heavy atom. The molecule has 2 aromatic carbocycles.